The fraction of sp³-hybridized carbons (Fsp3) is 0.581. The number of alkyl halides is 2. The molecule has 3 aromatic carbocycles. The molecule has 1 nitrogen and oxygen atoms in total. The van der Waals surface area contributed by atoms with E-state index in [1.165, 1.54) is 94.7 Å². The minimum Gasteiger partial charge on any atom is -0.432 e. The van der Waals surface area contributed by atoms with Crippen LogP contribution in [0.25, 0.3) is 11.1 Å². The third-order valence-electron chi connectivity index (χ3n) is 11.9. The predicted molar refractivity (Wildman–Crippen MR) is 189 cm³/mol. The van der Waals surface area contributed by atoms with E-state index in [1.54, 1.807) is 6.07 Å². The van der Waals surface area contributed by atoms with Crippen LogP contribution in [-0.4, -0.2) is 6.11 Å². The maximum absolute atomic E-state index is 14.5. The summed E-state index contributed by atoms with van der Waals surface area (Å²) in [5, 5.41) is 0. The molecule has 3 aliphatic rings. The third-order valence-corrected chi connectivity index (χ3v) is 11.9. The van der Waals surface area contributed by atoms with Gasteiger partial charge in [0.1, 0.15) is 5.75 Å². The van der Waals surface area contributed by atoms with E-state index >= 15 is 0 Å². The van der Waals surface area contributed by atoms with Gasteiger partial charge < -0.3 is 4.74 Å². The van der Waals surface area contributed by atoms with Gasteiger partial charge in [-0.25, -0.2) is 22.0 Å². The lowest BCUT2D eigenvalue weighted by molar-refractivity contribution is -0.224. The highest BCUT2D eigenvalue weighted by atomic mass is 19.3. The van der Waals surface area contributed by atoms with Crippen LogP contribution in [0.1, 0.15) is 128 Å². The van der Waals surface area contributed by atoms with Crippen molar-refractivity contribution >= 4 is 0 Å². The summed E-state index contributed by atoms with van der Waals surface area (Å²) < 4.78 is 99.5. The summed E-state index contributed by atoms with van der Waals surface area (Å²) in [6.45, 7) is 4.48. The lowest BCUT2D eigenvalue weighted by Crippen LogP contribution is -2.38. The maximum Gasteiger partial charge on any atom is 0.400 e. The summed E-state index contributed by atoms with van der Waals surface area (Å²) in [7, 11) is 0. The number of halogens is 7. The van der Waals surface area contributed by atoms with E-state index in [-0.39, 0.29) is 0 Å². The van der Waals surface area contributed by atoms with Gasteiger partial charge in [0.15, 0.2) is 29.1 Å². The second kappa shape index (κ2) is 18.1. The summed E-state index contributed by atoms with van der Waals surface area (Å²) >= 11 is 0. The molecule has 51 heavy (non-hydrogen) atoms. The van der Waals surface area contributed by atoms with E-state index in [9.17, 15) is 30.7 Å². The zero-order chi connectivity index (χ0) is 36.5. The van der Waals surface area contributed by atoms with Gasteiger partial charge in [-0.05, 0) is 123 Å². The van der Waals surface area contributed by atoms with Crippen molar-refractivity contribution in [2.24, 2.45) is 29.6 Å². The molecule has 3 aromatic rings. The van der Waals surface area contributed by atoms with E-state index in [2.05, 4.69) is 30.7 Å². The van der Waals surface area contributed by atoms with Gasteiger partial charge in [-0.1, -0.05) is 82.7 Å². The fourth-order valence-electron chi connectivity index (χ4n) is 8.93. The average Bonchev–Trinajstić information content (AvgIpc) is 3.13. The van der Waals surface area contributed by atoms with E-state index in [4.69, 9.17) is 0 Å². The van der Waals surface area contributed by atoms with E-state index in [1.807, 2.05) is 12.1 Å². The first-order chi connectivity index (χ1) is 24.5. The van der Waals surface area contributed by atoms with Crippen LogP contribution in [0.15, 0.2) is 54.6 Å². The highest BCUT2D eigenvalue weighted by Gasteiger charge is 2.45. The second-order valence-electron chi connectivity index (χ2n) is 15.3. The van der Waals surface area contributed by atoms with E-state index < -0.39 is 46.9 Å². The molecule has 0 heterocycles. The molecule has 0 bridgehead atoms. The van der Waals surface area contributed by atoms with Crippen molar-refractivity contribution in [2.75, 3.05) is 0 Å². The number of benzene rings is 3. The first-order valence-corrected chi connectivity index (χ1v) is 19.2. The van der Waals surface area contributed by atoms with Crippen LogP contribution < -0.4 is 4.74 Å². The lowest BCUT2D eigenvalue weighted by Gasteiger charge is -2.39. The SMILES string of the molecule is CCCC1CCC(C2CCC(C(F)(F)Oc3cc(F)c(F)c(F)c3)CC2)CC1.CCCC1CCC(c2ccc(-c3ccc(F)c(F)c3)cc2)CC1. The van der Waals surface area contributed by atoms with Crippen molar-refractivity contribution in [1.29, 1.82) is 0 Å². The normalized spacial score (nSPS) is 25.5. The molecule has 8 heteroatoms. The first-order valence-electron chi connectivity index (χ1n) is 19.2. The summed E-state index contributed by atoms with van der Waals surface area (Å²) in [4.78, 5) is 0. The molecular formula is C43H53F7O. The Bertz CT molecular complexity index is 1490. The molecule has 280 valence electrons. The fourth-order valence-corrected chi connectivity index (χ4v) is 8.93. The number of hydrogen-bond donors (Lipinski definition) is 0. The maximum atomic E-state index is 14.5. The Morgan fingerprint density at radius 3 is 1.55 bits per heavy atom. The zero-order valence-corrected chi connectivity index (χ0v) is 30.0. The highest BCUT2D eigenvalue weighted by Crippen LogP contribution is 2.46. The van der Waals surface area contributed by atoms with Gasteiger partial charge in [-0.3, -0.25) is 0 Å². The number of ether oxygens (including phenoxy) is 1. The van der Waals surface area contributed by atoms with E-state index in [0.29, 0.717) is 42.7 Å². The Balaban J connectivity index is 0.000000201. The Kier molecular flexibility index (Phi) is 13.9. The third kappa shape index (κ3) is 10.5. The highest BCUT2D eigenvalue weighted by molar-refractivity contribution is 5.63. The van der Waals surface area contributed by atoms with Gasteiger partial charge >= 0.3 is 6.11 Å². The first kappa shape index (κ1) is 39.2. The van der Waals surface area contributed by atoms with Crippen LogP contribution in [0.5, 0.6) is 5.75 Å². The smallest absolute Gasteiger partial charge is 0.400 e. The minimum atomic E-state index is -3.53. The molecule has 0 unspecified atom stereocenters. The van der Waals surface area contributed by atoms with Crippen molar-refractivity contribution in [2.45, 2.75) is 129 Å². The van der Waals surface area contributed by atoms with Crippen LogP contribution in [0, 0.1) is 58.7 Å². The molecule has 0 radical (unpaired) electrons. The molecule has 0 spiro atoms. The summed E-state index contributed by atoms with van der Waals surface area (Å²) in [5.41, 5.74) is 3.04. The summed E-state index contributed by atoms with van der Waals surface area (Å²) in [6, 6.07) is 13.4. The standard InChI is InChI=1S/C22H29F5O.C21H24F2/c1-2-3-14-4-6-15(7-5-14)16-8-10-17(11-9-16)22(26,27)28-18-12-19(23)21(25)20(24)13-18;1-2-3-15-4-6-16(7-5-15)17-8-10-18(11-9-17)19-12-13-20(22)21(23)14-19/h12-17H,2-11H2,1H3;8-16H,2-7H2,1H3. The molecular weight excluding hydrogens is 665 g/mol. The molecule has 6 rings (SSSR count). The Labute approximate surface area is 299 Å². The monoisotopic (exact) mass is 718 g/mol. The van der Waals surface area contributed by atoms with Crippen molar-refractivity contribution < 1.29 is 35.5 Å². The number of rotatable bonds is 10. The van der Waals surface area contributed by atoms with Crippen LogP contribution in [0.4, 0.5) is 30.7 Å². The molecule has 0 aliphatic heterocycles. The quantitative estimate of drug-likeness (QED) is 0.150. The molecule has 3 aliphatic carbocycles. The Morgan fingerprint density at radius 2 is 1.04 bits per heavy atom. The molecule has 0 N–H and O–H groups in total. The Hall–Kier alpha value is -3.03. The largest absolute Gasteiger partial charge is 0.432 e. The molecule has 0 aromatic heterocycles. The molecule has 3 fully saturated rings. The number of hydrogen-bond acceptors (Lipinski definition) is 1. The van der Waals surface area contributed by atoms with Crippen molar-refractivity contribution in [3.63, 3.8) is 0 Å². The van der Waals surface area contributed by atoms with Crippen LogP contribution >= 0.6 is 0 Å². The van der Waals surface area contributed by atoms with Gasteiger partial charge in [0.2, 0.25) is 0 Å². The van der Waals surface area contributed by atoms with E-state index in [0.717, 1.165) is 35.8 Å². The minimum absolute atomic E-state index is 0.332. The molecule has 0 amide bonds. The van der Waals surface area contributed by atoms with Gasteiger partial charge in [-0.15, -0.1) is 0 Å². The van der Waals surface area contributed by atoms with Gasteiger partial charge in [-0.2, -0.15) is 8.78 Å². The molecule has 0 atom stereocenters. The average molecular weight is 719 g/mol. The predicted octanol–water partition coefficient (Wildman–Crippen LogP) is 14.2. The van der Waals surface area contributed by atoms with Crippen LogP contribution in [-0.2, 0) is 0 Å². The lowest BCUT2D eigenvalue weighted by atomic mass is 9.68. The Morgan fingerprint density at radius 1 is 0.549 bits per heavy atom. The topological polar surface area (TPSA) is 9.23 Å². The van der Waals surface area contributed by atoms with Crippen molar-refractivity contribution in [3.05, 3.63) is 89.2 Å². The van der Waals surface area contributed by atoms with Crippen LogP contribution in [0.2, 0.25) is 0 Å². The molecule has 3 saturated carbocycles. The summed E-state index contributed by atoms with van der Waals surface area (Å²) in [5.74, 6) is -4.51. The zero-order valence-electron chi connectivity index (χ0n) is 30.0. The summed E-state index contributed by atoms with van der Waals surface area (Å²) in [6.07, 6.45) is 13.9. The second-order valence-corrected chi connectivity index (χ2v) is 15.3. The van der Waals surface area contributed by atoms with Gasteiger partial charge in [0.25, 0.3) is 0 Å². The van der Waals surface area contributed by atoms with Crippen molar-refractivity contribution in [1.82, 2.24) is 0 Å². The van der Waals surface area contributed by atoms with Crippen molar-refractivity contribution in [3.8, 4) is 16.9 Å². The molecule has 0 saturated heterocycles. The van der Waals surface area contributed by atoms with Crippen LogP contribution in [0.3, 0.4) is 0 Å². The van der Waals surface area contributed by atoms with Gasteiger partial charge in [0.05, 0.1) is 5.92 Å². The van der Waals surface area contributed by atoms with Gasteiger partial charge in [0, 0.05) is 12.1 Å².